The van der Waals surface area contributed by atoms with Crippen molar-refractivity contribution in [3.8, 4) is 23.0 Å². The molecular formula is C36H33ClO14. The van der Waals surface area contributed by atoms with Crippen molar-refractivity contribution >= 4 is 47.8 Å². The molecule has 0 N–H and O–H groups in total. The molecule has 0 aliphatic carbocycles. The Bertz CT molecular complexity index is 1700. The highest BCUT2D eigenvalue weighted by Gasteiger charge is 2.16. The monoisotopic (exact) mass is 724 g/mol. The summed E-state index contributed by atoms with van der Waals surface area (Å²) >= 11 is 6.26. The molecule has 0 heterocycles. The molecule has 0 saturated carbocycles. The van der Waals surface area contributed by atoms with E-state index in [1.54, 1.807) is 0 Å². The molecule has 0 spiro atoms. The number of carbonyl (C=O) groups is 6. The predicted octanol–water partition coefficient (Wildman–Crippen LogP) is 6.83. The van der Waals surface area contributed by atoms with Crippen LogP contribution in [0.3, 0.4) is 0 Å². The molecule has 0 saturated heterocycles. The molecule has 0 aromatic heterocycles. The van der Waals surface area contributed by atoms with Crippen molar-refractivity contribution in [1.82, 2.24) is 0 Å². The second kappa shape index (κ2) is 21.0. The molecular weight excluding hydrogens is 692 g/mol. The average Bonchev–Trinajstić information content (AvgIpc) is 3.12. The topological polar surface area (TPSA) is 176 Å². The molecule has 0 bridgehead atoms. The Hall–Kier alpha value is -6.15. The Balaban J connectivity index is 1.40. The fourth-order valence-electron chi connectivity index (χ4n) is 3.70. The SMILES string of the molecule is C=CC(=O)OCCCCOC(=O)Oc1ccc(C(=O)Oc2ccc(OC(=O)c3ccc(OC(=O)OCCCCOC(=O)C=C)cc3)c(Cl)c2)cc1. The molecule has 0 amide bonds. The van der Waals surface area contributed by atoms with Gasteiger partial charge in [0.15, 0.2) is 0 Å². The summed E-state index contributed by atoms with van der Waals surface area (Å²) < 4.78 is 40.4. The fourth-order valence-corrected chi connectivity index (χ4v) is 3.91. The van der Waals surface area contributed by atoms with Gasteiger partial charge in [-0.15, -0.1) is 0 Å². The maximum atomic E-state index is 12.7. The first-order chi connectivity index (χ1) is 24.6. The van der Waals surface area contributed by atoms with Gasteiger partial charge in [0.25, 0.3) is 0 Å². The molecule has 3 rings (SSSR count). The van der Waals surface area contributed by atoms with Crippen LogP contribution in [0.1, 0.15) is 46.4 Å². The van der Waals surface area contributed by atoms with Crippen LogP contribution in [0.4, 0.5) is 9.59 Å². The number of rotatable bonds is 18. The molecule has 3 aromatic rings. The first kappa shape index (κ1) is 39.3. The first-order valence-electron chi connectivity index (χ1n) is 15.3. The van der Waals surface area contributed by atoms with Crippen LogP contribution in [-0.2, 0) is 28.5 Å². The molecule has 0 unspecified atom stereocenters. The highest BCUT2D eigenvalue weighted by atomic mass is 35.5. The van der Waals surface area contributed by atoms with Crippen molar-refractivity contribution in [2.24, 2.45) is 0 Å². The molecule has 51 heavy (non-hydrogen) atoms. The predicted molar refractivity (Wildman–Crippen MR) is 179 cm³/mol. The van der Waals surface area contributed by atoms with E-state index in [9.17, 15) is 28.8 Å². The number of unbranched alkanes of at least 4 members (excludes halogenated alkanes) is 2. The smallest absolute Gasteiger partial charge is 0.463 e. The summed E-state index contributed by atoms with van der Waals surface area (Å²) in [5.41, 5.74) is 0.265. The van der Waals surface area contributed by atoms with Crippen molar-refractivity contribution < 1.29 is 66.7 Å². The minimum absolute atomic E-state index is 0.00542. The van der Waals surface area contributed by atoms with Crippen molar-refractivity contribution in [3.05, 3.63) is 108 Å². The number of hydrogen-bond acceptors (Lipinski definition) is 14. The van der Waals surface area contributed by atoms with Crippen LogP contribution in [0.15, 0.2) is 92.0 Å². The van der Waals surface area contributed by atoms with Gasteiger partial charge >= 0.3 is 36.2 Å². The summed E-state index contributed by atoms with van der Waals surface area (Å²) in [6.45, 7) is 7.03. The van der Waals surface area contributed by atoms with E-state index in [4.69, 9.17) is 49.5 Å². The van der Waals surface area contributed by atoms with E-state index in [0.717, 1.165) is 12.2 Å². The molecule has 14 nitrogen and oxygen atoms in total. The van der Waals surface area contributed by atoms with E-state index in [0.29, 0.717) is 25.7 Å². The van der Waals surface area contributed by atoms with Crippen LogP contribution in [-0.4, -0.2) is 62.6 Å². The van der Waals surface area contributed by atoms with Crippen LogP contribution in [0.25, 0.3) is 0 Å². The molecule has 3 aromatic carbocycles. The highest BCUT2D eigenvalue weighted by Crippen LogP contribution is 2.30. The summed E-state index contributed by atoms with van der Waals surface area (Å²) in [4.78, 5) is 71.0. The van der Waals surface area contributed by atoms with Gasteiger partial charge in [-0.2, -0.15) is 0 Å². The quantitative estimate of drug-likeness (QED) is 0.0333. The van der Waals surface area contributed by atoms with Crippen molar-refractivity contribution in [3.63, 3.8) is 0 Å². The average molecular weight is 725 g/mol. The molecule has 268 valence electrons. The van der Waals surface area contributed by atoms with Gasteiger partial charge in [-0.05, 0) is 86.3 Å². The van der Waals surface area contributed by atoms with Crippen molar-refractivity contribution in [1.29, 1.82) is 0 Å². The minimum Gasteiger partial charge on any atom is -0.463 e. The minimum atomic E-state index is -0.944. The lowest BCUT2D eigenvalue weighted by Crippen LogP contribution is -2.13. The summed E-state index contributed by atoms with van der Waals surface area (Å²) in [6.07, 6.45) is 2.09. The third-order valence-corrected chi connectivity index (χ3v) is 6.53. The Morgan fingerprint density at radius 2 is 0.902 bits per heavy atom. The zero-order valence-electron chi connectivity index (χ0n) is 27.2. The molecule has 0 aliphatic rings. The van der Waals surface area contributed by atoms with Gasteiger partial charge in [-0.3, -0.25) is 0 Å². The Kier molecular flexibility index (Phi) is 16.2. The third kappa shape index (κ3) is 14.5. The van der Waals surface area contributed by atoms with E-state index in [1.165, 1.54) is 66.7 Å². The first-order valence-corrected chi connectivity index (χ1v) is 15.7. The van der Waals surface area contributed by atoms with Crippen LogP contribution < -0.4 is 18.9 Å². The van der Waals surface area contributed by atoms with Crippen molar-refractivity contribution in [2.75, 3.05) is 26.4 Å². The van der Waals surface area contributed by atoms with Gasteiger partial charge in [0.2, 0.25) is 0 Å². The Morgan fingerprint density at radius 1 is 0.510 bits per heavy atom. The van der Waals surface area contributed by atoms with E-state index >= 15 is 0 Å². The third-order valence-electron chi connectivity index (χ3n) is 6.24. The Labute approximate surface area is 297 Å². The molecule has 0 fully saturated rings. The van der Waals surface area contributed by atoms with Gasteiger partial charge in [0, 0.05) is 18.2 Å². The zero-order chi connectivity index (χ0) is 37.0. The summed E-state index contributed by atoms with van der Waals surface area (Å²) in [6, 6.07) is 15.0. The molecule has 15 heteroatoms. The van der Waals surface area contributed by atoms with Gasteiger partial charge in [-0.25, -0.2) is 28.8 Å². The van der Waals surface area contributed by atoms with Gasteiger partial charge in [0.1, 0.15) is 23.0 Å². The van der Waals surface area contributed by atoms with Gasteiger partial charge in [-0.1, -0.05) is 24.8 Å². The maximum absolute atomic E-state index is 12.7. The van der Waals surface area contributed by atoms with E-state index < -0.39 is 36.2 Å². The van der Waals surface area contributed by atoms with Gasteiger partial charge in [0.05, 0.1) is 42.6 Å². The summed E-state index contributed by atoms with van der Waals surface area (Å²) in [5, 5.41) is -0.0183. The van der Waals surface area contributed by atoms with Crippen LogP contribution in [0, 0.1) is 0 Å². The second-order valence-electron chi connectivity index (χ2n) is 9.98. The maximum Gasteiger partial charge on any atom is 0.513 e. The Morgan fingerprint density at radius 3 is 1.31 bits per heavy atom. The molecule has 0 radical (unpaired) electrons. The summed E-state index contributed by atoms with van der Waals surface area (Å²) in [7, 11) is 0. The van der Waals surface area contributed by atoms with Gasteiger partial charge < -0.3 is 37.9 Å². The summed E-state index contributed by atoms with van der Waals surface area (Å²) in [5.74, 6) is -2.24. The van der Waals surface area contributed by atoms with Crippen LogP contribution in [0.5, 0.6) is 23.0 Å². The number of hydrogen-bond donors (Lipinski definition) is 0. The number of benzene rings is 3. The lowest BCUT2D eigenvalue weighted by molar-refractivity contribution is -0.138. The second-order valence-corrected chi connectivity index (χ2v) is 10.4. The lowest BCUT2D eigenvalue weighted by Gasteiger charge is -2.10. The highest BCUT2D eigenvalue weighted by molar-refractivity contribution is 6.32. The standard InChI is InChI=1S/C36H33ClO14/c1-3-31(38)44-19-5-7-21-46-35(42)49-26-13-9-24(10-14-26)33(40)48-28-17-18-30(29(37)23-28)51-34(41)25-11-15-27(16-12-25)50-36(43)47-22-8-6-20-45-32(39)4-2/h3-4,9-18,23H,1-2,5-8,19-22H2. The number of halogens is 1. The number of esters is 4. The lowest BCUT2D eigenvalue weighted by atomic mass is 10.2. The fraction of sp³-hybridized carbons (Fsp3) is 0.222. The normalized spacial score (nSPS) is 10.1. The van der Waals surface area contributed by atoms with E-state index in [1.807, 2.05) is 0 Å². The van der Waals surface area contributed by atoms with Crippen LogP contribution >= 0.6 is 11.6 Å². The van der Waals surface area contributed by atoms with E-state index in [2.05, 4.69) is 13.2 Å². The zero-order valence-corrected chi connectivity index (χ0v) is 27.9. The van der Waals surface area contributed by atoms with Crippen LogP contribution in [0.2, 0.25) is 5.02 Å². The largest absolute Gasteiger partial charge is 0.513 e. The molecule has 0 atom stereocenters. The number of carbonyl (C=O) groups excluding carboxylic acids is 6. The van der Waals surface area contributed by atoms with E-state index in [-0.39, 0.29) is 65.6 Å². The molecule has 0 aliphatic heterocycles. The number of ether oxygens (including phenoxy) is 8. The van der Waals surface area contributed by atoms with Crippen molar-refractivity contribution in [2.45, 2.75) is 25.7 Å².